The lowest BCUT2D eigenvalue weighted by Crippen LogP contribution is -2.64. The second kappa shape index (κ2) is 35.0. The number of amides is 11. The highest BCUT2D eigenvalue weighted by Gasteiger charge is 2.46. The van der Waals surface area contributed by atoms with Gasteiger partial charge in [-0.3, -0.25) is 52.7 Å². The van der Waals surface area contributed by atoms with Crippen LogP contribution >= 0.6 is 0 Å². The number of hydrogen-bond donors (Lipinski definition) is 5. The average Bonchev–Trinajstić information content (AvgIpc) is 2.67. The molecule has 0 bridgehead atoms. The number of nitrogens with zero attached hydrogens (tertiary/aromatic N) is 7. The molecule has 0 aromatic carbocycles. The van der Waals surface area contributed by atoms with Crippen LogP contribution in [0.4, 0.5) is 0 Å². The Bertz CT molecular complexity index is 2440. The Morgan fingerprint density at radius 3 is 1.23 bits per heavy atom. The van der Waals surface area contributed by atoms with Gasteiger partial charge in [-0.2, -0.15) is 0 Å². The van der Waals surface area contributed by atoms with Crippen LogP contribution < -0.4 is 21.3 Å². The molecule has 12 atom stereocenters. The Morgan fingerprint density at radius 2 is 0.793 bits per heavy atom. The summed E-state index contributed by atoms with van der Waals surface area (Å²) in [5.74, 6) is -11.0. The Labute approximate surface area is 520 Å². The Hall–Kier alpha value is -6.39. The van der Waals surface area contributed by atoms with Crippen molar-refractivity contribution in [3.63, 3.8) is 0 Å². The monoisotopic (exact) mass is 1230 g/mol. The first-order valence-electron chi connectivity index (χ1n) is 31.1. The van der Waals surface area contributed by atoms with Gasteiger partial charge in [0.15, 0.2) is 0 Å². The smallest absolute Gasteiger partial charge is 0.270 e. The maximum Gasteiger partial charge on any atom is 0.270 e. The fourth-order valence-corrected chi connectivity index (χ4v) is 10.8. The van der Waals surface area contributed by atoms with Crippen LogP contribution in [-0.4, -0.2) is 220 Å². The minimum absolute atomic E-state index is 0.105. The number of carbonyl (C=O) groups is 11. The predicted molar refractivity (Wildman–Crippen MR) is 337 cm³/mol. The molecule has 0 aliphatic carbocycles. The van der Waals surface area contributed by atoms with Crippen LogP contribution in [0.1, 0.15) is 157 Å². The van der Waals surface area contributed by atoms with Gasteiger partial charge in [-0.05, 0) is 100 Å². The molecular formula is C64H113N11O12. The zero-order valence-electron chi connectivity index (χ0n) is 57.4. The molecule has 0 radical (unpaired) electrons. The summed E-state index contributed by atoms with van der Waals surface area (Å²) >= 11 is 0. The highest BCUT2D eigenvalue weighted by atomic mass is 16.3. The lowest BCUT2D eigenvalue weighted by Gasteiger charge is -2.41. The third-order valence-electron chi connectivity index (χ3n) is 16.4. The van der Waals surface area contributed by atoms with Crippen molar-refractivity contribution >= 4 is 65.0 Å². The highest BCUT2D eigenvalue weighted by molar-refractivity contribution is 6.02. The summed E-state index contributed by atoms with van der Waals surface area (Å²) in [6.45, 7) is 35.4. The fourth-order valence-electron chi connectivity index (χ4n) is 10.8. The number of likely N-dealkylation sites (N-methyl/N-ethyl adjacent to an activating group) is 7. The molecule has 0 saturated carbocycles. The van der Waals surface area contributed by atoms with Crippen LogP contribution in [0.5, 0.6) is 0 Å². The molecule has 1 aliphatic heterocycles. The van der Waals surface area contributed by atoms with Gasteiger partial charge in [0.1, 0.15) is 66.1 Å². The van der Waals surface area contributed by atoms with E-state index in [4.69, 9.17) is 0 Å². The number of aliphatic hydroxyl groups excluding tert-OH is 1. The van der Waals surface area contributed by atoms with E-state index in [2.05, 4.69) is 27.8 Å². The normalized spacial score (nSPS) is 26.7. The molecular weight excluding hydrogens is 1110 g/mol. The average molecular weight is 1230 g/mol. The van der Waals surface area contributed by atoms with E-state index in [0.29, 0.717) is 6.42 Å². The molecule has 0 aromatic rings. The van der Waals surface area contributed by atoms with E-state index in [1.54, 1.807) is 67.5 Å². The van der Waals surface area contributed by atoms with E-state index < -0.39 is 155 Å². The molecule has 1 aliphatic rings. The number of nitrogens with one attached hydrogen (secondary N) is 4. The summed E-state index contributed by atoms with van der Waals surface area (Å²) in [7, 11) is 9.76. The fraction of sp³-hybridized carbons (Fsp3) is 0.766. The number of carbonyl (C=O) groups excluding carboxylic acids is 11. The van der Waals surface area contributed by atoms with E-state index in [-0.39, 0.29) is 55.1 Å². The van der Waals surface area contributed by atoms with E-state index in [1.807, 2.05) is 55.4 Å². The van der Waals surface area contributed by atoms with Crippen LogP contribution in [0.25, 0.3) is 0 Å². The minimum atomic E-state index is -1.65. The number of allylic oxidation sites excluding steroid dienone is 2. The SMILES string of the molecule is C=C1C(=O)N(C)[C@@H](CC(C)C)C(=O)N[C@H](C(C)C)C(=O)N(C)C(CC(C)C)C(=O)N[C@H](C)C(=O)N[C@@H](C)C(=O)N(C)[C@H](CC(C)C)C(=O)N(C)[C@H](CC(C)C)C(=O)N(C)[C@H](C(C)C)C(=O)N(C)[C@H]([C@H](O)[C@H](C)C/C=C/C)C(=O)N[C@H](C(C)C)C(=O)N1C. The summed E-state index contributed by atoms with van der Waals surface area (Å²) in [6.07, 6.45) is 2.88. The van der Waals surface area contributed by atoms with Gasteiger partial charge >= 0.3 is 0 Å². The second-order valence-electron chi connectivity index (χ2n) is 26.9. The molecule has 1 rings (SSSR count). The Balaban J connectivity index is 4.42. The maximum atomic E-state index is 15.2. The lowest BCUT2D eigenvalue weighted by molar-refractivity contribution is -0.157. The van der Waals surface area contributed by atoms with E-state index in [9.17, 15) is 43.5 Å². The highest BCUT2D eigenvalue weighted by Crippen LogP contribution is 2.26. The summed E-state index contributed by atoms with van der Waals surface area (Å²) in [5.41, 5.74) is -0.366. The van der Waals surface area contributed by atoms with Crippen molar-refractivity contribution in [2.45, 2.75) is 223 Å². The Morgan fingerprint density at radius 1 is 0.425 bits per heavy atom. The molecule has 1 heterocycles. The molecule has 23 nitrogen and oxygen atoms in total. The number of aliphatic hydroxyl groups is 1. The largest absolute Gasteiger partial charge is 0.390 e. The first-order valence-corrected chi connectivity index (χ1v) is 31.1. The molecule has 11 amide bonds. The number of rotatable bonds is 15. The topological polar surface area (TPSA) is 279 Å². The molecule has 23 heteroatoms. The zero-order chi connectivity index (χ0) is 67.7. The van der Waals surface area contributed by atoms with E-state index in [0.717, 1.165) is 14.7 Å². The van der Waals surface area contributed by atoms with Crippen molar-refractivity contribution < 1.29 is 57.8 Å². The van der Waals surface area contributed by atoms with Crippen molar-refractivity contribution in [2.24, 2.45) is 47.3 Å². The summed E-state index contributed by atoms with van der Waals surface area (Å²) in [6, 6.07) is -12.7. The number of hydrogen-bond acceptors (Lipinski definition) is 12. The molecule has 5 N–H and O–H groups in total. The first kappa shape index (κ1) is 78.6. The predicted octanol–water partition coefficient (Wildman–Crippen LogP) is 4.03. The molecule has 87 heavy (non-hydrogen) atoms. The molecule has 1 saturated heterocycles. The van der Waals surface area contributed by atoms with Gasteiger partial charge in [0.2, 0.25) is 59.1 Å². The molecule has 1 unspecified atom stereocenters. The van der Waals surface area contributed by atoms with Crippen molar-refractivity contribution in [3.05, 3.63) is 24.4 Å². The van der Waals surface area contributed by atoms with Crippen LogP contribution in [-0.2, 0) is 52.7 Å². The van der Waals surface area contributed by atoms with E-state index in [1.165, 1.54) is 82.8 Å². The van der Waals surface area contributed by atoms with Gasteiger partial charge in [-0.1, -0.05) is 123 Å². The molecule has 496 valence electrons. The van der Waals surface area contributed by atoms with Gasteiger partial charge in [0, 0.05) is 49.3 Å². The third-order valence-corrected chi connectivity index (χ3v) is 16.4. The van der Waals surface area contributed by atoms with Gasteiger partial charge in [-0.15, -0.1) is 0 Å². The summed E-state index contributed by atoms with van der Waals surface area (Å²) in [4.78, 5) is 170. The van der Waals surface area contributed by atoms with Gasteiger partial charge < -0.3 is 60.7 Å². The van der Waals surface area contributed by atoms with Crippen molar-refractivity contribution in [3.8, 4) is 0 Å². The maximum absolute atomic E-state index is 15.2. The second-order valence-corrected chi connectivity index (χ2v) is 26.9. The summed E-state index contributed by atoms with van der Waals surface area (Å²) in [5, 5.41) is 23.2. The van der Waals surface area contributed by atoms with Gasteiger partial charge in [0.25, 0.3) is 5.91 Å². The molecule has 0 spiro atoms. The standard InChI is InChI=1S/C64H113N11O12/c1-27-28-29-41(16)53(76)52-57(80)68-49(38(10)11)62(85)69(20)44(19)59(82)70(21)46(31-35(4)5)56(79)67-50(39(12)13)63(86)71(22)45(30-34(2)3)55(78)65-42(17)54(77)66-43(18)58(81)72(23)47(32-36(6)7)60(83)73(24)48(33-37(8)9)61(84)74(25)51(40(14)15)64(87)75(52)26/h27-28,34-43,45-53,76H,19,29-33H2,1-18,20-26H3,(H,65,78)(H,66,77)(H,67,79)(H,68,80)/b28-27+/t41-,42-,43+,45?,46+,47-,48-,49-,50-,51-,52-,53-/m1/s1. The zero-order valence-corrected chi connectivity index (χ0v) is 57.4. The van der Waals surface area contributed by atoms with Gasteiger partial charge in [0.05, 0.1) is 6.10 Å². The first-order chi connectivity index (χ1) is 40.0. The molecule has 1 fully saturated rings. The van der Waals surface area contributed by atoms with Crippen LogP contribution in [0.15, 0.2) is 24.4 Å². The van der Waals surface area contributed by atoms with Crippen molar-refractivity contribution in [1.82, 2.24) is 55.6 Å². The Kier molecular flexibility index (Phi) is 31.6. The van der Waals surface area contributed by atoms with Gasteiger partial charge in [-0.25, -0.2) is 0 Å². The van der Waals surface area contributed by atoms with Crippen molar-refractivity contribution in [2.75, 3.05) is 49.3 Å². The van der Waals surface area contributed by atoms with Crippen LogP contribution in [0.2, 0.25) is 0 Å². The van der Waals surface area contributed by atoms with Crippen LogP contribution in [0, 0.1) is 47.3 Å². The minimum Gasteiger partial charge on any atom is -0.390 e. The summed E-state index contributed by atoms with van der Waals surface area (Å²) < 4.78 is 0. The van der Waals surface area contributed by atoms with Crippen LogP contribution in [0.3, 0.4) is 0 Å². The lowest BCUT2D eigenvalue weighted by atomic mass is 9.91. The third kappa shape index (κ3) is 21.4. The van der Waals surface area contributed by atoms with E-state index >= 15 is 14.4 Å². The van der Waals surface area contributed by atoms with Crippen molar-refractivity contribution in [1.29, 1.82) is 0 Å². The quantitative estimate of drug-likeness (QED) is 0.115. The molecule has 0 aromatic heterocycles.